The van der Waals surface area contributed by atoms with Crippen LogP contribution in [0.5, 0.6) is 0 Å². The molecule has 18 heavy (non-hydrogen) atoms. The van der Waals surface area contributed by atoms with Crippen LogP contribution in [0.3, 0.4) is 0 Å². The molecule has 3 nitrogen and oxygen atoms in total. The molecule has 0 aromatic heterocycles. The van der Waals surface area contributed by atoms with Crippen LogP contribution in [0.15, 0.2) is 0 Å². The summed E-state index contributed by atoms with van der Waals surface area (Å²) in [5.74, 6) is 0. The Balaban J connectivity index is 2.33. The maximum Gasteiger partial charge on any atom is 0.0806 e. The van der Waals surface area contributed by atoms with E-state index >= 15 is 0 Å². The van der Waals surface area contributed by atoms with Crippen molar-refractivity contribution >= 4 is 0 Å². The Kier molecular flexibility index (Phi) is 6.61. The van der Waals surface area contributed by atoms with Crippen LogP contribution in [0, 0.1) is 0 Å². The maximum absolute atomic E-state index is 6.23. The van der Waals surface area contributed by atoms with E-state index in [0.29, 0.717) is 0 Å². The summed E-state index contributed by atoms with van der Waals surface area (Å²) in [6.45, 7) is 9.34. The van der Waals surface area contributed by atoms with Gasteiger partial charge in [-0.25, -0.2) is 0 Å². The van der Waals surface area contributed by atoms with E-state index in [1.807, 2.05) is 0 Å². The minimum absolute atomic E-state index is 0.0728. The normalized spacial score (nSPS) is 19.3. The third-order valence-electron chi connectivity index (χ3n) is 4.05. The van der Waals surface area contributed by atoms with Gasteiger partial charge in [-0.3, -0.25) is 0 Å². The van der Waals surface area contributed by atoms with Crippen molar-refractivity contribution in [2.24, 2.45) is 0 Å². The van der Waals surface area contributed by atoms with Gasteiger partial charge in [-0.1, -0.05) is 19.8 Å². The van der Waals surface area contributed by atoms with Crippen molar-refractivity contribution in [3.05, 3.63) is 0 Å². The predicted molar refractivity (Wildman–Crippen MR) is 76.0 cm³/mol. The first-order valence-corrected chi connectivity index (χ1v) is 7.43. The summed E-state index contributed by atoms with van der Waals surface area (Å²) in [5, 5.41) is 3.52. The van der Waals surface area contributed by atoms with Crippen LogP contribution in [0.1, 0.15) is 59.3 Å². The molecule has 1 N–H and O–H groups in total. The molecule has 0 radical (unpaired) electrons. The van der Waals surface area contributed by atoms with Gasteiger partial charge < -0.3 is 14.8 Å². The first kappa shape index (κ1) is 15.9. The van der Waals surface area contributed by atoms with Crippen LogP contribution in [0.2, 0.25) is 0 Å². The first-order chi connectivity index (χ1) is 8.54. The maximum atomic E-state index is 6.23. The zero-order valence-corrected chi connectivity index (χ0v) is 12.7. The van der Waals surface area contributed by atoms with Crippen LogP contribution < -0.4 is 5.32 Å². The van der Waals surface area contributed by atoms with Crippen molar-refractivity contribution in [3.8, 4) is 0 Å². The van der Waals surface area contributed by atoms with Gasteiger partial charge in [0.25, 0.3) is 0 Å². The van der Waals surface area contributed by atoms with Crippen molar-refractivity contribution in [2.45, 2.75) is 70.5 Å². The van der Waals surface area contributed by atoms with E-state index in [1.165, 1.54) is 32.1 Å². The number of ether oxygens (including phenoxy) is 2. The molecule has 0 spiro atoms. The van der Waals surface area contributed by atoms with E-state index in [2.05, 4.69) is 26.1 Å². The Labute approximate surface area is 113 Å². The molecule has 1 saturated carbocycles. The summed E-state index contributed by atoms with van der Waals surface area (Å²) in [5.41, 5.74) is 0.0234. The number of methoxy groups -OCH3 is 1. The lowest BCUT2D eigenvalue weighted by Crippen LogP contribution is -2.42. The average molecular weight is 257 g/mol. The summed E-state index contributed by atoms with van der Waals surface area (Å²) in [7, 11) is 1.77. The zero-order chi connectivity index (χ0) is 13.5. The number of hydrogen-bond acceptors (Lipinski definition) is 3. The molecule has 0 heterocycles. The van der Waals surface area contributed by atoms with E-state index in [1.54, 1.807) is 7.11 Å². The molecule has 0 atom stereocenters. The topological polar surface area (TPSA) is 30.5 Å². The van der Waals surface area contributed by atoms with Crippen molar-refractivity contribution < 1.29 is 9.47 Å². The summed E-state index contributed by atoms with van der Waals surface area (Å²) < 4.78 is 11.7. The highest BCUT2D eigenvalue weighted by Gasteiger charge is 2.34. The summed E-state index contributed by atoms with van der Waals surface area (Å²) >= 11 is 0. The van der Waals surface area contributed by atoms with Gasteiger partial charge in [0.05, 0.1) is 17.8 Å². The summed E-state index contributed by atoms with van der Waals surface area (Å²) in [6.07, 6.45) is 7.17. The lowest BCUT2D eigenvalue weighted by Gasteiger charge is -2.32. The van der Waals surface area contributed by atoms with E-state index in [0.717, 1.165) is 26.1 Å². The minimum Gasteiger partial charge on any atom is -0.379 e. The second-order valence-electron chi connectivity index (χ2n) is 6.13. The molecule has 1 rings (SSSR count). The van der Waals surface area contributed by atoms with Gasteiger partial charge in [-0.05, 0) is 46.1 Å². The smallest absolute Gasteiger partial charge is 0.0806 e. The quantitative estimate of drug-likeness (QED) is 0.644. The van der Waals surface area contributed by atoms with Crippen molar-refractivity contribution in [1.29, 1.82) is 0 Å². The molecule has 0 unspecified atom stereocenters. The largest absolute Gasteiger partial charge is 0.379 e. The third kappa shape index (κ3) is 5.25. The number of rotatable bonds is 9. The van der Waals surface area contributed by atoms with Crippen LogP contribution in [-0.4, -0.2) is 38.0 Å². The molecule has 0 amide bonds. The highest BCUT2D eigenvalue weighted by atomic mass is 16.5. The minimum atomic E-state index is -0.0728. The first-order valence-electron chi connectivity index (χ1n) is 7.43. The SMILES string of the molecule is CCCNCC1(OCCC(C)(C)OC)CCCC1. The second-order valence-corrected chi connectivity index (χ2v) is 6.13. The van der Waals surface area contributed by atoms with Gasteiger partial charge in [-0.15, -0.1) is 0 Å². The van der Waals surface area contributed by atoms with E-state index in [9.17, 15) is 0 Å². The molecule has 1 aliphatic carbocycles. The van der Waals surface area contributed by atoms with Crippen molar-refractivity contribution in [2.75, 3.05) is 26.8 Å². The van der Waals surface area contributed by atoms with Gasteiger partial charge in [0.2, 0.25) is 0 Å². The summed E-state index contributed by atoms with van der Waals surface area (Å²) in [6, 6.07) is 0. The molecule has 0 aromatic carbocycles. The van der Waals surface area contributed by atoms with Gasteiger partial charge in [0.15, 0.2) is 0 Å². The Morgan fingerprint density at radius 3 is 2.44 bits per heavy atom. The van der Waals surface area contributed by atoms with Gasteiger partial charge in [0.1, 0.15) is 0 Å². The zero-order valence-electron chi connectivity index (χ0n) is 12.7. The van der Waals surface area contributed by atoms with Crippen LogP contribution in [0.25, 0.3) is 0 Å². The predicted octanol–water partition coefficient (Wildman–Crippen LogP) is 3.13. The molecule has 0 aliphatic heterocycles. The molecule has 0 aromatic rings. The van der Waals surface area contributed by atoms with Crippen LogP contribution in [0.4, 0.5) is 0 Å². The fraction of sp³-hybridized carbons (Fsp3) is 1.00. The fourth-order valence-electron chi connectivity index (χ4n) is 2.50. The number of hydrogen-bond donors (Lipinski definition) is 1. The Morgan fingerprint density at radius 1 is 1.22 bits per heavy atom. The molecule has 1 fully saturated rings. The number of nitrogens with one attached hydrogen (secondary N) is 1. The van der Waals surface area contributed by atoms with E-state index in [-0.39, 0.29) is 11.2 Å². The molecule has 0 bridgehead atoms. The van der Waals surface area contributed by atoms with E-state index < -0.39 is 0 Å². The molecule has 0 saturated heterocycles. The Morgan fingerprint density at radius 2 is 1.89 bits per heavy atom. The lowest BCUT2D eigenvalue weighted by atomic mass is 10.0. The van der Waals surface area contributed by atoms with Gasteiger partial charge in [0, 0.05) is 13.7 Å². The van der Waals surface area contributed by atoms with E-state index in [4.69, 9.17) is 9.47 Å². The van der Waals surface area contributed by atoms with Crippen molar-refractivity contribution in [3.63, 3.8) is 0 Å². The van der Waals surface area contributed by atoms with Gasteiger partial charge in [-0.2, -0.15) is 0 Å². The third-order valence-corrected chi connectivity index (χ3v) is 4.05. The summed E-state index contributed by atoms with van der Waals surface area (Å²) in [4.78, 5) is 0. The second kappa shape index (κ2) is 7.46. The van der Waals surface area contributed by atoms with Gasteiger partial charge >= 0.3 is 0 Å². The van der Waals surface area contributed by atoms with Crippen LogP contribution >= 0.6 is 0 Å². The molecule has 108 valence electrons. The monoisotopic (exact) mass is 257 g/mol. The fourth-order valence-corrected chi connectivity index (χ4v) is 2.50. The highest BCUT2D eigenvalue weighted by molar-refractivity contribution is 4.88. The highest BCUT2D eigenvalue weighted by Crippen LogP contribution is 2.33. The van der Waals surface area contributed by atoms with Crippen molar-refractivity contribution in [1.82, 2.24) is 5.32 Å². The molecular weight excluding hydrogens is 226 g/mol. The molecular formula is C15H31NO2. The van der Waals surface area contributed by atoms with Crippen LogP contribution in [-0.2, 0) is 9.47 Å². The Bertz CT molecular complexity index is 223. The standard InChI is InChI=1S/C15H31NO2/c1-5-11-16-13-15(8-6-7-9-15)18-12-10-14(2,3)17-4/h16H,5-13H2,1-4H3. The average Bonchev–Trinajstić information content (AvgIpc) is 2.78. The lowest BCUT2D eigenvalue weighted by molar-refractivity contribution is -0.0707. The Hall–Kier alpha value is -0.120. The molecule has 1 aliphatic rings. The molecule has 3 heteroatoms.